The zero-order valence-electron chi connectivity index (χ0n) is 11.0. The van der Waals surface area contributed by atoms with Crippen LogP contribution in [0.4, 0.5) is 0 Å². The molecule has 1 rings (SSSR count). The molecule has 1 aromatic carbocycles. The lowest BCUT2D eigenvalue weighted by Gasteiger charge is -2.26. The molecule has 0 aliphatic carbocycles. The summed E-state index contributed by atoms with van der Waals surface area (Å²) in [5.41, 5.74) is 4.01. The van der Waals surface area contributed by atoms with Crippen molar-refractivity contribution in [1.82, 2.24) is 5.43 Å². The van der Waals surface area contributed by atoms with Crippen LogP contribution in [0.2, 0.25) is 0 Å². The first-order valence-electron chi connectivity index (χ1n) is 5.86. The number of rotatable bonds is 6. The van der Waals surface area contributed by atoms with Crippen molar-refractivity contribution in [3.63, 3.8) is 0 Å². The number of methoxy groups -OCH3 is 1. The highest BCUT2D eigenvalue weighted by Gasteiger charge is 2.20. The predicted octanol–water partition coefficient (Wildman–Crippen LogP) is 3.76. The molecule has 0 aliphatic rings. The van der Waals surface area contributed by atoms with E-state index in [2.05, 4.69) is 69.9 Å². The molecule has 0 amide bonds. The molecule has 0 fully saturated rings. The molecule has 0 aromatic heterocycles. The van der Waals surface area contributed by atoms with Crippen molar-refractivity contribution in [2.45, 2.75) is 38.3 Å². The number of nitrogens with one attached hydrogen (secondary N) is 1. The number of hydrogen-bond donors (Lipinski definition) is 2. The Bertz CT molecular complexity index is 399. The fourth-order valence-corrected chi connectivity index (χ4v) is 2.79. The molecule has 0 bridgehead atoms. The predicted molar refractivity (Wildman–Crippen MR) is 87.2 cm³/mol. The quantitative estimate of drug-likeness (QED) is 0.413. The van der Waals surface area contributed by atoms with Gasteiger partial charge in [0.15, 0.2) is 0 Å². The van der Waals surface area contributed by atoms with E-state index in [0.29, 0.717) is 0 Å². The van der Waals surface area contributed by atoms with Gasteiger partial charge in [0.05, 0.1) is 5.60 Å². The summed E-state index contributed by atoms with van der Waals surface area (Å²) in [5, 5.41) is 0. The van der Waals surface area contributed by atoms with Crippen molar-refractivity contribution in [3.8, 4) is 0 Å². The van der Waals surface area contributed by atoms with Gasteiger partial charge in [-0.05, 0) is 73.0 Å². The van der Waals surface area contributed by atoms with Crippen LogP contribution in [-0.2, 0) is 4.74 Å². The van der Waals surface area contributed by atoms with Crippen LogP contribution in [0, 0.1) is 3.57 Å². The Morgan fingerprint density at radius 2 is 2.17 bits per heavy atom. The summed E-state index contributed by atoms with van der Waals surface area (Å²) in [7, 11) is 1.74. The summed E-state index contributed by atoms with van der Waals surface area (Å²) >= 11 is 5.84. The van der Waals surface area contributed by atoms with Gasteiger partial charge in [-0.3, -0.25) is 11.3 Å². The standard InChI is InChI=1S/C13H20BrIN2O/c1-13(2,18-3)7-6-12(17-16)10-8-9(14)4-5-11(10)15/h4-5,8,12,17H,6-7,16H2,1-3H3. The summed E-state index contributed by atoms with van der Waals surface area (Å²) in [6.45, 7) is 4.18. The molecular formula is C13H20BrIN2O. The van der Waals surface area contributed by atoms with Crippen LogP contribution in [-0.4, -0.2) is 12.7 Å². The molecule has 3 nitrogen and oxygen atoms in total. The molecule has 3 N–H and O–H groups in total. The molecule has 0 saturated carbocycles. The number of ether oxygens (including phenoxy) is 1. The Morgan fingerprint density at radius 3 is 2.72 bits per heavy atom. The van der Waals surface area contributed by atoms with Gasteiger partial charge in [0.1, 0.15) is 0 Å². The fraction of sp³-hybridized carbons (Fsp3) is 0.538. The van der Waals surface area contributed by atoms with Gasteiger partial charge >= 0.3 is 0 Å². The molecule has 5 heteroatoms. The summed E-state index contributed by atoms with van der Waals surface area (Å²) in [5.74, 6) is 5.69. The maximum atomic E-state index is 5.69. The fourth-order valence-electron chi connectivity index (χ4n) is 1.70. The number of halogens is 2. The van der Waals surface area contributed by atoms with Crippen molar-refractivity contribution in [2.24, 2.45) is 5.84 Å². The van der Waals surface area contributed by atoms with E-state index >= 15 is 0 Å². The van der Waals surface area contributed by atoms with Gasteiger partial charge in [-0.15, -0.1) is 0 Å². The van der Waals surface area contributed by atoms with E-state index in [9.17, 15) is 0 Å². The third-order valence-corrected chi connectivity index (χ3v) is 4.60. The van der Waals surface area contributed by atoms with Crippen LogP contribution in [0.3, 0.4) is 0 Å². The monoisotopic (exact) mass is 426 g/mol. The normalized spacial score (nSPS) is 13.7. The lowest BCUT2D eigenvalue weighted by atomic mass is 9.95. The SMILES string of the molecule is COC(C)(C)CCC(NN)c1cc(Br)ccc1I. The van der Waals surface area contributed by atoms with E-state index in [4.69, 9.17) is 10.6 Å². The van der Waals surface area contributed by atoms with Crippen molar-refractivity contribution in [3.05, 3.63) is 31.8 Å². The van der Waals surface area contributed by atoms with Gasteiger partial charge < -0.3 is 4.74 Å². The number of hydrazine groups is 1. The molecule has 0 heterocycles. The molecule has 0 saturated heterocycles. The minimum atomic E-state index is -0.119. The lowest BCUT2D eigenvalue weighted by Crippen LogP contribution is -2.31. The van der Waals surface area contributed by atoms with Crippen LogP contribution in [0.5, 0.6) is 0 Å². The Morgan fingerprint density at radius 1 is 1.50 bits per heavy atom. The first kappa shape index (κ1) is 16.4. The Labute approximate surface area is 131 Å². The van der Waals surface area contributed by atoms with Gasteiger partial charge in [-0.2, -0.15) is 0 Å². The highest BCUT2D eigenvalue weighted by atomic mass is 127. The Balaban J connectivity index is 2.80. The van der Waals surface area contributed by atoms with Crippen molar-refractivity contribution >= 4 is 38.5 Å². The zero-order chi connectivity index (χ0) is 13.8. The molecule has 1 aromatic rings. The van der Waals surface area contributed by atoms with Gasteiger partial charge in [0, 0.05) is 21.2 Å². The number of nitrogens with two attached hydrogens (primary N) is 1. The molecular weight excluding hydrogens is 407 g/mol. The number of hydrogen-bond acceptors (Lipinski definition) is 3. The van der Waals surface area contributed by atoms with Crippen LogP contribution in [0.1, 0.15) is 38.3 Å². The maximum absolute atomic E-state index is 5.69. The topological polar surface area (TPSA) is 47.3 Å². The Kier molecular flexibility index (Phi) is 6.54. The van der Waals surface area contributed by atoms with E-state index in [-0.39, 0.29) is 11.6 Å². The largest absolute Gasteiger partial charge is 0.379 e. The van der Waals surface area contributed by atoms with Crippen LogP contribution >= 0.6 is 38.5 Å². The van der Waals surface area contributed by atoms with Crippen LogP contribution < -0.4 is 11.3 Å². The summed E-state index contributed by atoms with van der Waals surface area (Å²) in [4.78, 5) is 0. The van der Waals surface area contributed by atoms with E-state index < -0.39 is 0 Å². The minimum absolute atomic E-state index is 0.119. The third kappa shape index (κ3) is 4.77. The zero-order valence-corrected chi connectivity index (χ0v) is 14.7. The summed E-state index contributed by atoms with van der Waals surface area (Å²) in [6.07, 6.45) is 1.88. The molecule has 1 atom stereocenters. The van der Waals surface area contributed by atoms with E-state index in [1.165, 1.54) is 9.13 Å². The average molecular weight is 427 g/mol. The lowest BCUT2D eigenvalue weighted by molar-refractivity contribution is 0.0116. The molecule has 102 valence electrons. The second-order valence-corrected chi connectivity index (χ2v) is 6.97. The highest BCUT2D eigenvalue weighted by molar-refractivity contribution is 14.1. The third-order valence-electron chi connectivity index (χ3n) is 3.12. The highest BCUT2D eigenvalue weighted by Crippen LogP contribution is 2.29. The second kappa shape index (κ2) is 7.19. The molecule has 18 heavy (non-hydrogen) atoms. The smallest absolute Gasteiger partial charge is 0.0623 e. The van der Waals surface area contributed by atoms with Crippen LogP contribution in [0.15, 0.2) is 22.7 Å². The van der Waals surface area contributed by atoms with Gasteiger partial charge in [-0.1, -0.05) is 15.9 Å². The molecule has 0 radical (unpaired) electrons. The second-order valence-electron chi connectivity index (χ2n) is 4.89. The van der Waals surface area contributed by atoms with Gasteiger partial charge in [0.25, 0.3) is 0 Å². The maximum Gasteiger partial charge on any atom is 0.0623 e. The first-order valence-corrected chi connectivity index (χ1v) is 7.73. The van der Waals surface area contributed by atoms with Crippen molar-refractivity contribution in [1.29, 1.82) is 0 Å². The summed E-state index contributed by atoms with van der Waals surface area (Å²) in [6, 6.07) is 6.39. The number of benzene rings is 1. The minimum Gasteiger partial charge on any atom is -0.379 e. The van der Waals surface area contributed by atoms with E-state index in [1.54, 1.807) is 7.11 Å². The first-order chi connectivity index (χ1) is 8.39. The molecule has 0 aliphatic heterocycles. The van der Waals surface area contributed by atoms with Gasteiger partial charge in [-0.25, -0.2) is 0 Å². The van der Waals surface area contributed by atoms with Crippen molar-refractivity contribution in [2.75, 3.05) is 7.11 Å². The van der Waals surface area contributed by atoms with E-state index in [1.807, 2.05) is 6.07 Å². The van der Waals surface area contributed by atoms with Crippen LogP contribution in [0.25, 0.3) is 0 Å². The Hall–Kier alpha value is 0.310. The van der Waals surface area contributed by atoms with E-state index in [0.717, 1.165) is 17.3 Å². The summed E-state index contributed by atoms with van der Waals surface area (Å²) < 4.78 is 7.73. The molecule has 0 spiro atoms. The molecule has 1 unspecified atom stereocenters. The van der Waals surface area contributed by atoms with Crippen molar-refractivity contribution < 1.29 is 4.74 Å². The van der Waals surface area contributed by atoms with Gasteiger partial charge in [0.2, 0.25) is 0 Å². The average Bonchev–Trinajstić information content (AvgIpc) is 2.34.